The molecule has 0 spiro atoms. The highest BCUT2D eigenvalue weighted by Crippen LogP contribution is 2.19. The predicted octanol–water partition coefficient (Wildman–Crippen LogP) is 1.89. The summed E-state index contributed by atoms with van der Waals surface area (Å²) < 4.78 is 4.87. The third-order valence-electron chi connectivity index (χ3n) is 1.92. The molecule has 0 atom stereocenters. The van der Waals surface area contributed by atoms with Crippen LogP contribution in [0.2, 0.25) is 0 Å². The molecule has 0 aliphatic carbocycles. The quantitative estimate of drug-likeness (QED) is 0.358. The van der Waals surface area contributed by atoms with Crippen LogP contribution in [0.4, 0.5) is 5.69 Å². The number of rotatable bonds is 4. The fourth-order valence-corrected chi connectivity index (χ4v) is 1.41. The maximum Gasteiger partial charge on any atom is 0.338 e. The van der Waals surface area contributed by atoms with Gasteiger partial charge in [-0.2, -0.15) is 0 Å². The summed E-state index contributed by atoms with van der Waals surface area (Å²) in [6.45, 7) is 2.11. The van der Waals surface area contributed by atoms with E-state index in [1.807, 2.05) is 0 Å². The number of carbonyl (C=O) groups excluding carboxylic acids is 1. The van der Waals surface area contributed by atoms with E-state index < -0.39 is 0 Å². The lowest BCUT2D eigenvalue weighted by Gasteiger charge is -2.08. The summed E-state index contributed by atoms with van der Waals surface area (Å²) in [5.74, 6) is 5.22. The van der Waals surface area contributed by atoms with Crippen molar-refractivity contribution < 1.29 is 9.53 Å². The lowest BCUT2D eigenvalue weighted by Crippen LogP contribution is -2.10. The van der Waals surface area contributed by atoms with Gasteiger partial charge in [-0.1, -0.05) is 0 Å². The lowest BCUT2D eigenvalue weighted by molar-refractivity contribution is 0.0526. The number of nitrogen functional groups attached to an aromatic ring is 1. The van der Waals surface area contributed by atoms with E-state index >= 15 is 0 Å². The van der Waals surface area contributed by atoms with E-state index in [-0.39, 0.29) is 11.8 Å². The fourth-order valence-electron chi connectivity index (χ4n) is 1.19. The highest BCUT2D eigenvalue weighted by molar-refractivity contribution is 6.17. The maximum absolute atomic E-state index is 11.4. The first kappa shape index (κ1) is 11.8. The number of alkyl halides is 1. The molecule has 5 heteroatoms. The molecule has 0 aliphatic rings. The first-order valence-electron chi connectivity index (χ1n) is 4.55. The standard InChI is InChI=1S/C10H13ClN2O2/c1-2-15-10(14)7-3-4-9(13-12)8(5-7)6-11/h3-5,13H,2,6,12H2,1H3. The van der Waals surface area contributed by atoms with Crippen molar-refractivity contribution in [3.63, 3.8) is 0 Å². The summed E-state index contributed by atoms with van der Waals surface area (Å²) >= 11 is 5.72. The Morgan fingerprint density at radius 1 is 1.60 bits per heavy atom. The summed E-state index contributed by atoms with van der Waals surface area (Å²) in [4.78, 5) is 11.4. The molecule has 82 valence electrons. The summed E-state index contributed by atoms with van der Waals surface area (Å²) in [6, 6.07) is 5.01. The molecule has 0 aliphatic heterocycles. The number of hydrazine groups is 1. The molecule has 0 heterocycles. The van der Waals surface area contributed by atoms with Crippen LogP contribution in [0.1, 0.15) is 22.8 Å². The first-order valence-corrected chi connectivity index (χ1v) is 5.09. The van der Waals surface area contributed by atoms with Crippen molar-refractivity contribution >= 4 is 23.3 Å². The number of nitrogens with two attached hydrogens (primary N) is 1. The van der Waals surface area contributed by atoms with Crippen molar-refractivity contribution in [2.75, 3.05) is 12.0 Å². The van der Waals surface area contributed by atoms with Crippen LogP contribution in [-0.4, -0.2) is 12.6 Å². The van der Waals surface area contributed by atoms with Gasteiger partial charge in [0.15, 0.2) is 0 Å². The number of carbonyl (C=O) groups is 1. The molecule has 1 aromatic rings. The first-order chi connectivity index (χ1) is 7.22. The maximum atomic E-state index is 11.4. The number of hydrogen-bond donors (Lipinski definition) is 2. The molecule has 0 fully saturated rings. The van der Waals surface area contributed by atoms with Crippen LogP contribution in [0.5, 0.6) is 0 Å². The highest BCUT2D eigenvalue weighted by atomic mass is 35.5. The zero-order chi connectivity index (χ0) is 11.3. The molecule has 0 aromatic heterocycles. The van der Waals surface area contributed by atoms with Gasteiger partial charge in [0.25, 0.3) is 0 Å². The molecule has 0 saturated heterocycles. The van der Waals surface area contributed by atoms with Gasteiger partial charge >= 0.3 is 5.97 Å². The largest absolute Gasteiger partial charge is 0.462 e. The number of esters is 1. The highest BCUT2D eigenvalue weighted by Gasteiger charge is 2.09. The minimum absolute atomic E-state index is 0.285. The Labute approximate surface area is 93.3 Å². The average molecular weight is 229 g/mol. The van der Waals surface area contributed by atoms with Gasteiger partial charge in [0.05, 0.1) is 17.9 Å². The summed E-state index contributed by atoms with van der Waals surface area (Å²) in [5, 5.41) is 0. The summed E-state index contributed by atoms with van der Waals surface area (Å²) in [7, 11) is 0. The average Bonchev–Trinajstić information content (AvgIpc) is 2.28. The Bertz CT molecular complexity index is 355. The van der Waals surface area contributed by atoms with E-state index in [1.54, 1.807) is 25.1 Å². The van der Waals surface area contributed by atoms with Crippen molar-refractivity contribution in [1.29, 1.82) is 0 Å². The molecule has 0 amide bonds. The molecule has 4 nitrogen and oxygen atoms in total. The molecule has 0 saturated carbocycles. The number of ether oxygens (including phenoxy) is 1. The van der Waals surface area contributed by atoms with Gasteiger partial charge in [0.1, 0.15) is 0 Å². The normalized spacial score (nSPS) is 9.80. The molecular formula is C10H13ClN2O2. The van der Waals surface area contributed by atoms with Gasteiger partial charge in [0.2, 0.25) is 0 Å². The predicted molar refractivity (Wildman–Crippen MR) is 59.8 cm³/mol. The molecule has 3 N–H and O–H groups in total. The number of halogens is 1. The molecule has 1 rings (SSSR count). The zero-order valence-electron chi connectivity index (χ0n) is 8.42. The Morgan fingerprint density at radius 2 is 2.33 bits per heavy atom. The van der Waals surface area contributed by atoms with E-state index in [9.17, 15) is 4.79 Å². The van der Waals surface area contributed by atoms with Crippen molar-refractivity contribution in [3.05, 3.63) is 29.3 Å². The van der Waals surface area contributed by atoms with Gasteiger partial charge < -0.3 is 10.2 Å². The van der Waals surface area contributed by atoms with Crippen molar-refractivity contribution in [2.45, 2.75) is 12.8 Å². The SMILES string of the molecule is CCOC(=O)c1ccc(NN)c(CCl)c1. The minimum Gasteiger partial charge on any atom is -0.462 e. The minimum atomic E-state index is -0.354. The number of anilines is 1. The Kier molecular flexibility index (Phi) is 4.39. The van der Waals surface area contributed by atoms with E-state index in [0.29, 0.717) is 17.9 Å². The van der Waals surface area contributed by atoms with Crippen molar-refractivity contribution in [2.24, 2.45) is 5.84 Å². The second kappa shape index (κ2) is 5.58. The van der Waals surface area contributed by atoms with E-state index in [0.717, 1.165) is 5.56 Å². The molecular weight excluding hydrogens is 216 g/mol. The van der Waals surface area contributed by atoms with Crippen LogP contribution in [0.3, 0.4) is 0 Å². The Hall–Kier alpha value is -1.26. The van der Waals surface area contributed by atoms with E-state index in [4.69, 9.17) is 22.2 Å². The van der Waals surface area contributed by atoms with E-state index in [2.05, 4.69) is 5.43 Å². The second-order valence-electron chi connectivity index (χ2n) is 2.87. The summed E-state index contributed by atoms with van der Waals surface area (Å²) in [5.41, 5.74) is 4.46. The Balaban J connectivity index is 2.97. The zero-order valence-corrected chi connectivity index (χ0v) is 9.17. The van der Waals surface area contributed by atoms with Crippen LogP contribution in [0.25, 0.3) is 0 Å². The topological polar surface area (TPSA) is 64.3 Å². The third kappa shape index (κ3) is 2.84. The molecule has 0 bridgehead atoms. The van der Waals surface area contributed by atoms with E-state index in [1.165, 1.54) is 0 Å². The Morgan fingerprint density at radius 3 is 2.87 bits per heavy atom. The number of hydrogen-bond acceptors (Lipinski definition) is 4. The van der Waals surface area contributed by atoms with Gasteiger partial charge in [-0.15, -0.1) is 11.6 Å². The van der Waals surface area contributed by atoms with Gasteiger partial charge in [-0.25, -0.2) is 4.79 Å². The van der Waals surface area contributed by atoms with Crippen LogP contribution in [-0.2, 0) is 10.6 Å². The van der Waals surface area contributed by atoms with Gasteiger partial charge in [-0.05, 0) is 30.7 Å². The molecule has 1 aromatic carbocycles. The van der Waals surface area contributed by atoms with Crippen LogP contribution >= 0.6 is 11.6 Å². The number of nitrogens with one attached hydrogen (secondary N) is 1. The van der Waals surface area contributed by atoms with Crippen LogP contribution in [0.15, 0.2) is 18.2 Å². The van der Waals surface area contributed by atoms with Crippen LogP contribution in [0, 0.1) is 0 Å². The fraction of sp³-hybridized carbons (Fsp3) is 0.300. The third-order valence-corrected chi connectivity index (χ3v) is 2.20. The second-order valence-corrected chi connectivity index (χ2v) is 3.14. The molecule has 15 heavy (non-hydrogen) atoms. The lowest BCUT2D eigenvalue weighted by atomic mass is 10.1. The number of benzene rings is 1. The van der Waals surface area contributed by atoms with Crippen molar-refractivity contribution in [3.8, 4) is 0 Å². The van der Waals surface area contributed by atoms with Gasteiger partial charge in [0, 0.05) is 5.88 Å². The summed E-state index contributed by atoms with van der Waals surface area (Å²) in [6.07, 6.45) is 0. The molecule has 0 unspecified atom stereocenters. The van der Waals surface area contributed by atoms with Crippen LogP contribution < -0.4 is 11.3 Å². The monoisotopic (exact) mass is 228 g/mol. The smallest absolute Gasteiger partial charge is 0.338 e. The van der Waals surface area contributed by atoms with Crippen molar-refractivity contribution in [1.82, 2.24) is 0 Å². The molecule has 0 radical (unpaired) electrons. The van der Waals surface area contributed by atoms with Gasteiger partial charge in [-0.3, -0.25) is 5.84 Å².